The summed E-state index contributed by atoms with van der Waals surface area (Å²) in [5, 5.41) is 9.68. The fourth-order valence-electron chi connectivity index (χ4n) is 2.58. The van der Waals surface area contributed by atoms with E-state index in [2.05, 4.69) is 13.5 Å². The van der Waals surface area contributed by atoms with E-state index in [0.29, 0.717) is 6.10 Å². The summed E-state index contributed by atoms with van der Waals surface area (Å²) in [5.41, 5.74) is -0.571. The summed E-state index contributed by atoms with van der Waals surface area (Å²) in [4.78, 5) is 0. The molecule has 2 aliphatic heterocycles. The number of rotatable bonds is 8. The molecular formula is C15H26O3. The molecule has 3 unspecified atom stereocenters. The van der Waals surface area contributed by atoms with Gasteiger partial charge < -0.3 is 14.6 Å². The maximum atomic E-state index is 9.68. The van der Waals surface area contributed by atoms with Gasteiger partial charge in [-0.15, -0.1) is 6.58 Å². The molecule has 3 atom stereocenters. The van der Waals surface area contributed by atoms with Crippen LogP contribution in [0.4, 0.5) is 0 Å². The molecule has 0 aromatic rings. The van der Waals surface area contributed by atoms with Crippen LogP contribution in [0.2, 0.25) is 0 Å². The van der Waals surface area contributed by atoms with Crippen LogP contribution in [0, 0.1) is 0 Å². The van der Waals surface area contributed by atoms with Crippen LogP contribution < -0.4 is 0 Å². The first kappa shape index (κ1) is 14.0. The molecule has 0 spiro atoms. The molecule has 2 heterocycles. The molecule has 0 saturated carbocycles. The van der Waals surface area contributed by atoms with Crippen molar-refractivity contribution in [1.82, 2.24) is 0 Å². The van der Waals surface area contributed by atoms with Crippen LogP contribution in [0.5, 0.6) is 0 Å². The van der Waals surface area contributed by atoms with Gasteiger partial charge >= 0.3 is 0 Å². The third kappa shape index (κ3) is 3.56. The summed E-state index contributed by atoms with van der Waals surface area (Å²) >= 11 is 0. The Morgan fingerprint density at radius 1 is 1.44 bits per heavy atom. The molecule has 0 bridgehead atoms. The monoisotopic (exact) mass is 254 g/mol. The fourth-order valence-corrected chi connectivity index (χ4v) is 2.58. The first-order valence-corrected chi connectivity index (χ1v) is 6.96. The van der Waals surface area contributed by atoms with Crippen molar-refractivity contribution in [2.45, 2.75) is 75.8 Å². The van der Waals surface area contributed by atoms with Crippen molar-refractivity contribution >= 4 is 0 Å². The zero-order chi connectivity index (χ0) is 13.4. The van der Waals surface area contributed by atoms with Crippen LogP contribution in [0.1, 0.15) is 52.9 Å². The minimum absolute atomic E-state index is 0.0303. The third-order valence-corrected chi connectivity index (χ3v) is 4.21. The highest BCUT2D eigenvalue weighted by molar-refractivity contribution is 5.09. The predicted molar refractivity (Wildman–Crippen MR) is 71.5 cm³/mol. The summed E-state index contributed by atoms with van der Waals surface area (Å²) in [6, 6.07) is 0. The van der Waals surface area contributed by atoms with Crippen molar-refractivity contribution in [2.24, 2.45) is 0 Å². The molecule has 3 nitrogen and oxygen atoms in total. The van der Waals surface area contributed by atoms with Crippen LogP contribution in [-0.4, -0.2) is 34.6 Å². The summed E-state index contributed by atoms with van der Waals surface area (Å²) in [6.45, 7) is 10.5. The topological polar surface area (TPSA) is 45.3 Å². The average molecular weight is 254 g/mol. The largest absolute Gasteiger partial charge is 0.390 e. The second kappa shape index (κ2) is 4.62. The van der Waals surface area contributed by atoms with Crippen LogP contribution >= 0.6 is 0 Å². The molecule has 0 aromatic heterocycles. The Labute approximate surface area is 110 Å². The van der Waals surface area contributed by atoms with E-state index in [1.807, 2.05) is 19.9 Å². The normalized spacial score (nSPS) is 38.6. The second-order valence-electron chi connectivity index (χ2n) is 6.68. The van der Waals surface area contributed by atoms with Gasteiger partial charge in [0, 0.05) is 0 Å². The zero-order valence-corrected chi connectivity index (χ0v) is 11.9. The second-order valence-corrected chi connectivity index (χ2v) is 6.68. The molecular weight excluding hydrogens is 228 g/mol. The molecule has 0 radical (unpaired) electrons. The maximum Gasteiger partial charge on any atom is 0.109 e. The smallest absolute Gasteiger partial charge is 0.109 e. The highest BCUT2D eigenvalue weighted by Gasteiger charge is 2.53. The van der Waals surface area contributed by atoms with E-state index >= 15 is 0 Å². The molecule has 2 saturated heterocycles. The number of hydrogen-bond acceptors (Lipinski definition) is 3. The minimum Gasteiger partial charge on any atom is -0.390 e. The molecule has 0 aromatic carbocycles. The van der Waals surface area contributed by atoms with Gasteiger partial charge in [-0.2, -0.15) is 0 Å². The predicted octanol–water partition coefficient (Wildman–Crippen LogP) is 2.82. The van der Waals surface area contributed by atoms with Gasteiger partial charge in [0.05, 0.1) is 23.9 Å². The van der Waals surface area contributed by atoms with Crippen molar-refractivity contribution in [1.29, 1.82) is 0 Å². The van der Waals surface area contributed by atoms with Crippen LogP contribution in [0.15, 0.2) is 12.7 Å². The summed E-state index contributed by atoms with van der Waals surface area (Å²) in [7, 11) is 0. The molecule has 0 amide bonds. The lowest BCUT2D eigenvalue weighted by Crippen LogP contribution is -2.20. The first-order chi connectivity index (χ1) is 8.29. The van der Waals surface area contributed by atoms with Gasteiger partial charge in [0.1, 0.15) is 5.60 Å². The molecule has 18 heavy (non-hydrogen) atoms. The Bertz CT molecular complexity index is 314. The Morgan fingerprint density at radius 3 is 2.61 bits per heavy atom. The van der Waals surface area contributed by atoms with Crippen LogP contribution in [-0.2, 0) is 9.47 Å². The molecule has 2 aliphatic rings. The van der Waals surface area contributed by atoms with Gasteiger partial charge in [0.15, 0.2) is 0 Å². The molecule has 1 N–H and O–H groups in total. The van der Waals surface area contributed by atoms with Gasteiger partial charge in [-0.25, -0.2) is 0 Å². The van der Waals surface area contributed by atoms with E-state index in [0.717, 1.165) is 38.7 Å². The Morgan fingerprint density at radius 2 is 2.11 bits per heavy atom. The van der Waals surface area contributed by atoms with Gasteiger partial charge in [-0.1, -0.05) is 6.08 Å². The lowest BCUT2D eigenvalue weighted by molar-refractivity contribution is 0.0662. The SMILES string of the molecule is C=CC1(CCC2OC2(C)CCCC(C)(C)O)CO1. The average Bonchev–Trinajstić information content (AvgIpc) is 3.12. The minimum atomic E-state index is -0.560. The summed E-state index contributed by atoms with van der Waals surface area (Å²) in [6.07, 6.45) is 7.22. The van der Waals surface area contributed by atoms with Crippen molar-refractivity contribution in [3.05, 3.63) is 12.7 Å². The van der Waals surface area contributed by atoms with E-state index in [4.69, 9.17) is 9.47 Å². The number of aliphatic hydroxyl groups is 1. The van der Waals surface area contributed by atoms with E-state index in [9.17, 15) is 5.11 Å². The lowest BCUT2D eigenvalue weighted by atomic mass is 9.92. The van der Waals surface area contributed by atoms with Gasteiger partial charge in [0.25, 0.3) is 0 Å². The quantitative estimate of drug-likeness (QED) is 0.535. The van der Waals surface area contributed by atoms with Gasteiger partial charge in [-0.05, 0) is 52.9 Å². The van der Waals surface area contributed by atoms with Gasteiger partial charge in [-0.3, -0.25) is 0 Å². The lowest BCUT2D eigenvalue weighted by Gasteiger charge is -2.17. The van der Waals surface area contributed by atoms with Crippen LogP contribution in [0.3, 0.4) is 0 Å². The maximum absolute atomic E-state index is 9.68. The highest BCUT2D eigenvalue weighted by Crippen LogP contribution is 2.46. The van der Waals surface area contributed by atoms with Crippen LogP contribution in [0.25, 0.3) is 0 Å². The standard InChI is InChI=1S/C15H26O3/c1-5-15(11-17-15)10-7-12-14(4,18-12)9-6-8-13(2,3)16/h5,12,16H,1,6-11H2,2-4H3. The molecule has 3 heteroatoms. The van der Waals surface area contributed by atoms with E-state index in [-0.39, 0.29) is 11.2 Å². The van der Waals surface area contributed by atoms with Crippen molar-refractivity contribution in [3.63, 3.8) is 0 Å². The third-order valence-electron chi connectivity index (χ3n) is 4.21. The summed E-state index contributed by atoms with van der Waals surface area (Å²) in [5.74, 6) is 0. The van der Waals surface area contributed by atoms with Crippen molar-refractivity contribution in [2.75, 3.05) is 6.61 Å². The number of hydrogen-bond donors (Lipinski definition) is 1. The molecule has 2 fully saturated rings. The Balaban J connectivity index is 1.64. The van der Waals surface area contributed by atoms with E-state index in [1.165, 1.54) is 0 Å². The molecule has 0 aliphatic carbocycles. The fraction of sp³-hybridized carbons (Fsp3) is 0.867. The highest BCUT2D eigenvalue weighted by atomic mass is 16.6. The zero-order valence-electron chi connectivity index (χ0n) is 11.9. The molecule has 104 valence electrons. The van der Waals surface area contributed by atoms with Crippen molar-refractivity contribution in [3.8, 4) is 0 Å². The number of ether oxygens (including phenoxy) is 2. The Kier molecular flexibility index (Phi) is 3.60. The first-order valence-electron chi connectivity index (χ1n) is 6.96. The summed E-state index contributed by atoms with van der Waals surface area (Å²) < 4.78 is 11.2. The molecule has 2 rings (SSSR count). The number of epoxide rings is 2. The van der Waals surface area contributed by atoms with Gasteiger partial charge in [0.2, 0.25) is 0 Å². The van der Waals surface area contributed by atoms with E-state index in [1.54, 1.807) is 0 Å². The van der Waals surface area contributed by atoms with Crippen molar-refractivity contribution < 1.29 is 14.6 Å². The Hall–Kier alpha value is -0.380. The van der Waals surface area contributed by atoms with E-state index < -0.39 is 5.60 Å².